The first-order valence-electron chi connectivity index (χ1n) is 7.63. The van der Waals surface area contributed by atoms with E-state index in [4.69, 9.17) is 10.5 Å². The van der Waals surface area contributed by atoms with Crippen LogP contribution in [0, 0.1) is 6.92 Å². The Morgan fingerprint density at radius 2 is 2.00 bits per heavy atom. The van der Waals surface area contributed by atoms with Crippen LogP contribution in [0.5, 0.6) is 0 Å². The predicted octanol–water partition coefficient (Wildman–Crippen LogP) is 4.68. The van der Waals surface area contributed by atoms with Crippen LogP contribution in [0.4, 0.5) is 10.5 Å². The second kappa shape index (κ2) is 10.1. The molecular formula is C17H28IN3O2S. The standard InChI is InChI=1S/C17H27N3O2S.HI/c1-7-23-15(18)19-14-10-8-9-13(12(14)2)11-20(6)16(21)22-17(3,4)5;/h8-10H,7,11H2,1-6H3,(H2,18,19);1H. The van der Waals surface area contributed by atoms with Crippen molar-refractivity contribution in [1.82, 2.24) is 4.90 Å². The minimum atomic E-state index is -0.502. The number of hydrogen-bond donors (Lipinski definition) is 1. The number of thioether (sulfide) groups is 1. The lowest BCUT2D eigenvalue weighted by Crippen LogP contribution is -2.33. The van der Waals surface area contributed by atoms with Gasteiger partial charge in [0.05, 0.1) is 5.69 Å². The molecule has 2 N–H and O–H groups in total. The maximum absolute atomic E-state index is 12.1. The molecule has 0 heterocycles. The molecule has 0 fully saturated rings. The minimum absolute atomic E-state index is 0. The lowest BCUT2D eigenvalue weighted by molar-refractivity contribution is 0.0285. The Morgan fingerprint density at radius 1 is 1.38 bits per heavy atom. The third-order valence-electron chi connectivity index (χ3n) is 3.05. The zero-order chi connectivity index (χ0) is 17.6. The molecule has 0 radical (unpaired) electrons. The fourth-order valence-corrected chi connectivity index (χ4v) is 2.38. The topological polar surface area (TPSA) is 67.9 Å². The molecule has 1 aromatic carbocycles. The van der Waals surface area contributed by atoms with Gasteiger partial charge in [0, 0.05) is 13.6 Å². The monoisotopic (exact) mass is 465 g/mol. The highest BCUT2D eigenvalue weighted by Crippen LogP contribution is 2.24. The quantitative estimate of drug-likeness (QED) is 0.399. The van der Waals surface area contributed by atoms with Crippen LogP contribution in [0.2, 0.25) is 0 Å². The van der Waals surface area contributed by atoms with Crippen LogP contribution in [-0.2, 0) is 11.3 Å². The lowest BCUT2D eigenvalue weighted by atomic mass is 10.1. The third-order valence-corrected chi connectivity index (χ3v) is 3.73. The average molecular weight is 465 g/mol. The number of nitrogens with two attached hydrogens (primary N) is 1. The number of amides is 1. The van der Waals surface area contributed by atoms with E-state index in [-0.39, 0.29) is 30.1 Å². The van der Waals surface area contributed by atoms with Gasteiger partial charge in [0.25, 0.3) is 0 Å². The van der Waals surface area contributed by atoms with E-state index >= 15 is 0 Å². The van der Waals surface area contributed by atoms with Gasteiger partial charge in [-0.3, -0.25) is 0 Å². The van der Waals surface area contributed by atoms with Crippen molar-refractivity contribution >= 4 is 52.7 Å². The molecule has 0 atom stereocenters. The summed E-state index contributed by atoms with van der Waals surface area (Å²) in [6, 6.07) is 5.84. The number of hydrogen-bond acceptors (Lipinski definition) is 4. The molecule has 1 aromatic rings. The number of rotatable bonds is 4. The highest BCUT2D eigenvalue weighted by molar-refractivity contribution is 14.0. The van der Waals surface area contributed by atoms with Crippen molar-refractivity contribution in [3.63, 3.8) is 0 Å². The molecule has 7 heteroatoms. The summed E-state index contributed by atoms with van der Waals surface area (Å²) in [5.41, 5.74) is 8.25. The Balaban J connectivity index is 0.00000529. The number of benzene rings is 1. The van der Waals surface area contributed by atoms with Gasteiger partial charge in [0.1, 0.15) is 5.60 Å². The molecule has 1 amide bonds. The Hall–Kier alpha value is -0.960. The van der Waals surface area contributed by atoms with Crippen LogP contribution in [0.1, 0.15) is 38.8 Å². The fraction of sp³-hybridized carbons (Fsp3) is 0.529. The van der Waals surface area contributed by atoms with Gasteiger partial charge in [-0.15, -0.1) is 24.0 Å². The molecule has 24 heavy (non-hydrogen) atoms. The molecule has 0 bridgehead atoms. The van der Waals surface area contributed by atoms with Crippen LogP contribution in [0.25, 0.3) is 0 Å². The van der Waals surface area contributed by atoms with E-state index in [1.54, 1.807) is 11.9 Å². The summed E-state index contributed by atoms with van der Waals surface area (Å²) < 4.78 is 5.37. The number of aliphatic imine (C=N–C) groups is 1. The number of nitrogens with zero attached hydrogens (tertiary/aromatic N) is 2. The first-order valence-corrected chi connectivity index (χ1v) is 8.62. The van der Waals surface area contributed by atoms with Gasteiger partial charge >= 0.3 is 6.09 Å². The summed E-state index contributed by atoms with van der Waals surface area (Å²) in [6.45, 7) is 10.0. The molecule has 0 aliphatic rings. The van der Waals surface area contributed by atoms with Gasteiger partial charge in [-0.05, 0) is 50.6 Å². The summed E-state index contributed by atoms with van der Waals surface area (Å²) >= 11 is 1.51. The smallest absolute Gasteiger partial charge is 0.410 e. The maximum Gasteiger partial charge on any atom is 0.410 e. The molecule has 0 saturated carbocycles. The van der Waals surface area contributed by atoms with Crippen molar-refractivity contribution in [2.24, 2.45) is 10.7 Å². The van der Waals surface area contributed by atoms with E-state index in [9.17, 15) is 4.79 Å². The van der Waals surface area contributed by atoms with Gasteiger partial charge < -0.3 is 15.4 Å². The second-order valence-electron chi connectivity index (χ2n) is 6.28. The normalized spacial score (nSPS) is 11.7. The zero-order valence-electron chi connectivity index (χ0n) is 15.3. The molecule has 1 rings (SSSR count). The Kier molecular flexibility index (Phi) is 9.72. The Labute approximate surface area is 166 Å². The molecule has 136 valence electrons. The highest BCUT2D eigenvalue weighted by Gasteiger charge is 2.20. The number of ether oxygens (including phenoxy) is 1. The molecule has 0 spiro atoms. The van der Waals surface area contributed by atoms with E-state index in [0.717, 1.165) is 22.6 Å². The average Bonchev–Trinajstić information content (AvgIpc) is 2.41. The van der Waals surface area contributed by atoms with Gasteiger partial charge in [-0.1, -0.05) is 30.8 Å². The third kappa shape index (κ3) is 7.74. The van der Waals surface area contributed by atoms with Gasteiger partial charge in [-0.2, -0.15) is 0 Å². The highest BCUT2D eigenvalue weighted by atomic mass is 127. The van der Waals surface area contributed by atoms with Crippen molar-refractivity contribution in [1.29, 1.82) is 0 Å². The van der Waals surface area contributed by atoms with E-state index in [2.05, 4.69) is 4.99 Å². The van der Waals surface area contributed by atoms with Gasteiger partial charge in [0.2, 0.25) is 0 Å². The van der Waals surface area contributed by atoms with Crippen LogP contribution in [-0.4, -0.2) is 34.6 Å². The van der Waals surface area contributed by atoms with Crippen LogP contribution in [0.15, 0.2) is 23.2 Å². The lowest BCUT2D eigenvalue weighted by Gasteiger charge is -2.25. The van der Waals surface area contributed by atoms with Gasteiger partial charge in [0.15, 0.2) is 5.17 Å². The van der Waals surface area contributed by atoms with Crippen LogP contribution in [0.3, 0.4) is 0 Å². The van der Waals surface area contributed by atoms with Crippen molar-refractivity contribution in [2.75, 3.05) is 12.8 Å². The Bertz CT molecular complexity index is 586. The fourth-order valence-electron chi connectivity index (χ4n) is 1.92. The predicted molar refractivity (Wildman–Crippen MR) is 114 cm³/mol. The summed E-state index contributed by atoms with van der Waals surface area (Å²) in [6.07, 6.45) is -0.341. The molecule has 0 unspecified atom stereocenters. The van der Waals surface area contributed by atoms with E-state index in [1.807, 2.05) is 52.8 Å². The molecule has 0 aliphatic heterocycles. The van der Waals surface area contributed by atoms with E-state index in [1.165, 1.54) is 11.8 Å². The van der Waals surface area contributed by atoms with Crippen molar-refractivity contribution in [3.05, 3.63) is 29.3 Å². The molecule has 0 aliphatic carbocycles. The second-order valence-corrected chi connectivity index (χ2v) is 7.57. The summed E-state index contributed by atoms with van der Waals surface area (Å²) in [5.74, 6) is 0.884. The number of amidine groups is 1. The van der Waals surface area contributed by atoms with Gasteiger partial charge in [-0.25, -0.2) is 9.79 Å². The Morgan fingerprint density at radius 3 is 2.54 bits per heavy atom. The molecule has 0 aromatic heterocycles. The largest absolute Gasteiger partial charge is 0.444 e. The number of halogens is 1. The molecule has 0 saturated heterocycles. The zero-order valence-corrected chi connectivity index (χ0v) is 18.4. The summed E-state index contributed by atoms with van der Waals surface area (Å²) in [4.78, 5) is 18.1. The first kappa shape index (κ1) is 23.0. The SMILES string of the molecule is CCSC(N)=Nc1cccc(CN(C)C(=O)OC(C)(C)C)c1C.I. The first-order chi connectivity index (χ1) is 10.6. The van der Waals surface area contributed by atoms with Crippen molar-refractivity contribution in [3.8, 4) is 0 Å². The van der Waals surface area contributed by atoms with Crippen LogP contribution < -0.4 is 5.73 Å². The summed E-state index contributed by atoms with van der Waals surface area (Å²) in [5, 5.41) is 0.549. The minimum Gasteiger partial charge on any atom is -0.444 e. The van der Waals surface area contributed by atoms with E-state index < -0.39 is 5.60 Å². The summed E-state index contributed by atoms with van der Waals surface area (Å²) in [7, 11) is 1.73. The number of carbonyl (C=O) groups excluding carboxylic acids is 1. The molecule has 5 nitrogen and oxygen atoms in total. The van der Waals surface area contributed by atoms with Crippen molar-refractivity contribution < 1.29 is 9.53 Å². The number of carbonyl (C=O) groups is 1. The van der Waals surface area contributed by atoms with Crippen molar-refractivity contribution in [2.45, 2.75) is 46.8 Å². The molecular weight excluding hydrogens is 437 g/mol. The maximum atomic E-state index is 12.1. The van der Waals surface area contributed by atoms with E-state index in [0.29, 0.717) is 11.7 Å². The van der Waals surface area contributed by atoms with Crippen LogP contribution >= 0.6 is 35.7 Å².